The molecule has 0 spiro atoms. The molecule has 1 aromatic heterocycles. The molecule has 2 heterocycles. The molecule has 0 amide bonds. The molecule has 7 heteroatoms. The quantitative estimate of drug-likeness (QED) is 0.843. The number of hydrogen-bond acceptors (Lipinski definition) is 4. The average molecular weight is 293 g/mol. The Kier molecular flexibility index (Phi) is 2.94. The second-order valence-electron chi connectivity index (χ2n) is 4.30. The third-order valence-electron chi connectivity index (χ3n) is 3.06. The maximum absolute atomic E-state index is 12.5. The lowest BCUT2D eigenvalue weighted by Crippen LogP contribution is -2.10. The SMILES string of the molecule is O=C(c1cc(Cl)cc2c1OCC2)c1nc[nH]c1C(=O)O. The molecule has 1 aliphatic heterocycles. The van der Waals surface area contributed by atoms with Crippen molar-refractivity contribution in [2.75, 3.05) is 6.61 Å². The van der Waals surface area contributed by atoms with E-state index in [2.05, 4.69) is 9.97 Å². The van der Waals surface area contributed by atoms with Crippen LogP contribution in [0, 0.1) is 0 Å². The van der Waals surface area contributed by atoms with Gasteiger partial charge in [0.05, 0.1) is 18.5 Å². The summed E-state index contributed by atoms with van der Waals surface area (Å²) in [5.41, 5.74) is 0.673. The van der Waals surface area contributed by atoms with E-state index in [9.17, 15) is 9.59 Å². The van der Waals surface area contributed by atoms with E-state index >= 15 is 0 Å². The van der Waals surface area contributed by atoms with Crippen molar-refractivity contribution < 1.29 is 19.4 Å². The lowest BCUT2D eigenvalue weighted by Gasteiger charge is -2.07. The minimum Gasteiger partial charge on any atom is -0.492 e. The molecule has 3 rings (SSSR count). The number of carbonyl (C=O) groups is 2. The number of benzene rings is 1. The molecule has 2 N–H and O–H groups in total. The minimum absolute atomic E-state index is 0.155. The van der Waals surface area contributed by atoms with Crippen molar-refractivity contribution >= 4 is 23.4 Å². The van der Waals surface area contributed by atoms with Crippen LogP contribution in [0.15, 0.2) is 18.5 Å². The van der Waals surface area contributed by atoms with E-state index in [4.69, 9.17) is 21.4 Å². The third-order valence-corrected chi connectivity index (χ3v) is 3.28. The van der Waals surface area contributed by atoms with Crippen molar-refractivity contribution in [2.45, 2.75) is 6.42 Å². The summed E-state index contributed by atoms with van der Waals surface area (Å²) in [5.74, 6) is -1.31. The molecule has 0 saturated carbocycles. The van der Waals surface area contributed by atoms with E-state index in [1.165, 1.54) is 12.4 Å². The van der Waals surface area contributed by atoms with Crippen LogP contribution in [0.5, 0.6) is 5.75 Å². The van der Waals surface area contributed by atoms with Gasteiger partial charge in [0.25, 0.3) is 0 Å². The first-order valence-electron chi connectivity index (χ1n) is 5.84. The largest absolute Gasteiger partial charge is 0.492 e. The summed E-state index contributed by atoms with van der Waals surface area (Å²) < 4.78 is 5.44. The minimum atomic E-state index is -1.24. The van der Waals surface area contributed by atoms with Crippen molar-refractivity contribution in [1.29, 1.82) is 0 Å². The molecule has 1 aliphatic rings. The monoisotopic (exact) mass is 292 g/mol. The maximum atomic E-state index is 12.5. The van der Waals surface area contributed by atoms with E-state index in [0.717, 1.165) is 5.56 Å². The molecule has 20 heavy (non-hydrogen) atoms. The zero-order valence-corrected chi connectivity index (χ0v) is 10.9. The Bertz CT molecular complexity index is 723. The summed E-state index contributed by atoms with van der Waals surface area (Å²) in [6, 6.07) is 3.21. The first-order chi connectivity index (χ1) is 9.58. The highest BCUT2D eigenvalue weighted by atomic mass is 35.5. The molecular weight excluding hydrogens is 284 g/mol. The fourth-order valence-corrected chi connectivity index (χ4v) is 2.44. The number of hydrogen-bond donors (Lipinski definition) is 2. The van der Waals surface area contributed by atoms with Crippen LogP contribution >= 0.6 is 11.6 Å². The van der Waals surface area contributed by atoms with E-state index in [1.807, 2.05) is 0 Å². The lowest BCUT2D eigenvalue weighted by molar-refractivity contribution is 0.0686. The topological polar surface area (TPSA) is 92.3 Å². The fraction of sp³-hybridized carbons (Fsp3) is 0.154. The van der Waals surface area contributed by atoms with Crippen LogP contribution in [0.25, 0.3) is 0 Å². The number of carboxylic acids is 1. The van der Waals surface area contributed by atoms with Crippen LogP contribution in [-0.2, 0) is 6.42 Å². The van der Waals surface area contributed by atoms with Gasteiger partial charge < -0.3 is 14.8 Å². The molecule has 0 unspecified atom stereocenters. The first kappa shape index (κ1) is 12.7. The zero-order valence-electron chi connectivity index (χ0n) is 10.1. The van der Waals surface area contributed by atoms with Crippen LogP contribution in [-0.4, -0.2) is 33.4 Å². The van der Waals surface area contributed by atoms with Gasteiger partial charge in [0.1, 0.15) is 11.4 Å². The van der Waals surface area contributed by atoms with Crippen LogP contribution in [0.3, 0.4) is 0 Å². The molecule has 6 nitrogen and oxygen atoms in total. The van der Waals surface area contributed by atoms with Gasteiger partial charge in [-0.25, -0.2) is 9.78 Å². The van der Waals surface area contributed by atoms with Crippen LogP contribution in [0.4, 0.5) is 0 Å². The molecule has 102 valence electrons. The second kappa shape index (κ2) is 4.64. The normalized spacial score (nSPS) is 12.8. The van der Waals surface area contributed by atoms with E-state index < -0.39 is 11.8 Å². The summed E-state index contributed by atoms with van der Waals surface area (Å²) in [6.07, 6.45) is 1.84. The summed E-state index contributed by atoms with van der Waals surface area (Å²) in [6.45, 7) is 0.475. The van der Waals surface area contributed by atoms with Gasteiger partial charge in [-0.05, 0) is 17.7 Å². The van der Waals surface area contributed by atoms with Gasteiger partial charge in [0.2, 0.25) is 5.78 Å². The lowest BCUT2D eigenvalue weighted by atomic mass is 10.0. The number of aromatic carboxylic acids is 1. The number of ether oxygens (including phenoxy) is 1. The van der Waals surface area contributed by atoms with E-state index in [0.29, 0.717) is 23.8 Å². The number of carboxylic acid groups (broad SMARTS) is 1. The van der Waals surface area contributed by atoms with Crippen molar-refractivity contribution in [1.82, 2.24) is 9.97 Å². The van der Waals surface area contributed by atoms with Crippen molar-refractivity contribution in [3.05, 3.63) is 46.0 Å². The molecule has 0 atom stereocenters. The standard InChI is InChI=1S/C13H9ClN2O4/c14-7-3-6-1-2-20-12(6)8(4-7)11(17)9-10(13(18)19)16-5-15-9/h3-5H,1-2H2,(H,15,16)(H,18,19). The van der Waals surface area contributed by atoms with Gasteiger partial charge in [-0.15, -0.1) is 0 Å². The number of fused-ring (bicyclic) bond motifs is 1. The van der Waals surface area contributed by atoms with E-state index in [-0.39, 0.29) is 17.0 Å². The number of imidazole rings is 1. The van der Waals surface area contributed by atoms with Crippen LogP contribution in [0.2, 0.25) is 5.02 Å². The average Bonchev–Trinajstić information content (AvgIpc) is 3.04. The van der Waals surface area contributed by atoms with E-state index in [1.54, 1.807) is 6.07 Å². The van der Waals surface area contributed by atoms with Gasteiger partial charge in [-0.3, -0.25) is 4.79 Å². The van der Waals surface area contributed by atoms with Gasteiger partial charge in [0, 0.05) is 11.4 Å². The van der Waals surface area contributed by atoms with Crippen LogP contribution < -0.4 is 4.74 Å². The Balaban J connectivity index is 2.12. The van der Waals surface area contributed by atoms with Gasteiger partial charge in [0.15, 0.2) is 5.69 Å². The molecule has 0 radical (unpaired) electrons. The smallest absolute Gasteiger partial charge is 0.354 e. The molecule has 0 fully saturated rings. The summed E-state index contributed by atoms with van der Waals surface area (Å²) in [7, 11) is 0. The number of rotatable bonds is 3. The number of ketones is 1. The Morgan fingerprint density at radius 2 is 2.20 bits per heavy atom. The highest BCUT2D eigenvalue weighted by Crippen LogP contribution is 2.34. The summed E-state index contributed by atoms with van der Waals surface area (Å²) >= 11 is 5.98. The van der Waals surface area contributed by atoms with Crippen molar-refractivity contribution in [3.8, 4) is 5.75 Å². The summed E-state index contributed by atoms with van der Waals surface area (Å²) in [4.78, 5) is 29.7. The Morgan fingerprint density at radius 3 is 2.95 bits per heavy atom. The highest BCUT2D eigenvalue weighted by molar-refractivity contribution is 6.31. The Labute approximate surface area is 118 Å². The van der Waals surface area contributed by atoms with Gasteiger partial charge in [-0.2, -0.15) is 0 Å². The number of H-pyrrole nitrogens is 1. The van der Waals surface area contributed by atoms with Crippen LogP contribution in [0.1, 0.15) is 32.1 Å². The molecule has 0 saturated heterocycles. The predicted octanol–water partition coefficient (Wildman–Crippen LogP) is 1.93. The number of nitrogens with one attached hydrogen (secondary N) is 1. The zero-order chi connectivity index (χ0) is 14.3. The first-order valence-corrected chi connectivity index (χ1v) is 6.22. The molecule has 2 aromatic rings. The second-order valence-corrected chi connectivity index (χ2v) is 4.74. The van der Waals surface area contributed by atoms with Gasteiger partial charge in [-0.1, -0.05) is 11.6 Å². The number of halogens is 1. The number of aromatic amines is 1. The van der Waals surface area contributed by atoms with Crippen molar-refractivity contribution in [3.63, 3.8) is 0 Å². The Hall–Kier alpha value is -2.34. The number of aromatic nitrogens is 2. The van der Waals surface area contributed by atoms with Gasteiger partial charge >= 0.3 is 5.97 Å². The summed E-state index contributed by atoms with van der Waals surface area (Å²) in [5, 5.41) is 9.42. The Morgan fingerprint density at radius 1 is 1.40 bits per heavy atom. The molecule has 0 bridgehead atoms. The molecular formula is C13H9ClN2O4. The van der Waals surface area contributed by atoms with Crippen molar-refractivity contribution in [2.24, 2.45) is 0 Å². The molecule has 0 aliphatic carbocycles. The third kappa shape index (κ3) is 1.94. The fourth-order valence-electron chi connectivity index (χ4n) is 2.19. The highest BCUT2D eigenvalue weighted by Gasteiger charge is 2.27. The number of nitrogens with zero attached hydrogens (tertiary/aromatic N) is 1. The molecule has 1 aromatic carbocycles. The predicted molar refractivity (Wildman–Crippen MR) is 69.6 cm³/mol. The maximum Gasteiger partial charge on any atom is 0.354 e. The number of carbonyl (C=O) groups excluding carboxylic acids is 1.